The largest absolute Gasteiger partial charge is 0.329 e. The number of nitrogens with one attached hydrogen (secondary N) is 2. The fourth-order valence-electron chi connectivity index (χ4n) is 1.27. The van der Waals surface area contributed by atoms with Gasteiger partial charge in [-0.15, -0.1) is 0 Å². The SMILES string of the molecule is CC(C)(C)CCCNCCNCCN. The molecule has 4 N–H and O–H groups in total. The van der Waals surface area contributed by atoms with Crippen LogP contribution >= 0.6 is 0 Å². The van der Waals surface area contributed by atoms with E-state index in [0.29, 0.717) is 5.41 Å². The van der Waals surface area contributed by atoms with Crippen molar-refractivity contribution < 1.29 is 0 Å². The van der Waals surface area contributed by atoms with Crippen LogP contribution in [0.25, 0.3) is 0 Å². The fourth-order valence-corrected chi connectivity index (χ4v) is 1.27. The Hall–Kier alpha value is -0.120. The van der Waals surface area contributed by atoms with Gasteiger partial charge in [0.05, 0.1) is 0 Å². The van der Waals surface area contributed by atoms with Gasteiger partial charge < -0.3 is 16.4 Å². The van der Waals surface area contributed by atoms with Crippen molar-refractivity contribution in [3.63, 3.8) is 0 Å². The van der Waals surface area contributed by atoms with E-state index in [4.69, 9.17) is 5.73 Å². The molecule has 0 saturated heterocycles. The number of hydrogen-bond acceptors (Lipinski definition) is 3. The molecular weight excluding hydrogens is 174 g/mol. The Kier molecular flexibility index (Phi) is 8.14. The molecule has 0 spiro atoms. The second-order valence-electron chi connectivity index (χ2n) is 4.95. The van der Waals surface area contributed by atoms with Crippen LogP contribution in [0, 0.1) is 5.41 Å². The van der Waals surface area contributed by atoms with E-state index < -0.39 is 0 Å². The number of nitrogens with two attached hydrogens (primary N) is 1. The Balaban J connectivity index is 2.99. The van der Waals surface area contributed by atoms with Crippen LogP contribution in [0.1, 0.15) is 33.6 Å². The quantitative estimate of drug-likeness (QED) is 0.513. The Labute approximate surface area is 88.8 Å². The van der Waals surface area contributed by atoms with E-state index in [-0.39, 0.29) is 0 Å². The molecule has 0 heterocycles. The highest BCUT2D eigenvalue weighted by Crippen LogP contribution is 2.19. The molecule has 0 aliphatic rings. The first-order chi connectivity index (χ1) is 6.56. The molecule has 0 atom stereocenters. The maximum Gasteiger partial charge on any atom is 0.00772 e. The molecule has 0 saturated carbocycles. The molecule has 0 aromatic rings. The van der Waals surface area contributed by atoms with Crippen LogP contribution in [0.2, 0.25) is 0 Å². The minimum absolute atomic E-state index is 0.472. The molecule has 0 unspecified atom stereocenters. The number of hydrogen-bond donors (Lipinski definition) is 3. The van der Waals surface area contributed by atoms with Crippen molar-refractivity contribution in [1.82, 2.24) is 10.6 Å². The zero-order valence-corrected chi connectivity index (χ0v) is 10.0. The normalized spacial score (nSPS) is 12.0. The fraction of sp³-hybridized carbons (Fsp3) is 1.00. The van der Waals surface area contributed by atoms with E-state index in [2.05, 4.69) is 31.4 Å². The highest BCUT2D eigenvalue weighted by atomic mass is 14.9. The van der Waals surface area contributed by atoms with Gasteiger partial charge in [-0.25, -0.2) is 0 Å². The van der Waals surface area contributed by atoms with Gasteiger partial charge in [0.2, 0.25) is 0 Å². The molecular formula is C11H27N3. The molecule has 0 aliphatic carbocycles. The van der Waals surface area contributed by atoms with Crippen molar-refractivity contribution in [2.24, 2.45) is 11.1 Å². The van der Waals surface area contributed by atoms with Gasteiger partial charge in [0, 0.05) is 26.2 Å². The van der Waals surface area contributed by atoms with Crippen LogP contribution in [-0.2, 0) is 0 Å². The zero-order chi connectivity index (χ0) is 10.9. The summed E-state index contributed by atoms with van der Waals surface area (Å²) in [6.07, 6.45) is 2.55. The van der Waals surface area contributed by atoms with Crippen molar-refractivity contribution in [1.29, 1.82) is 0 Å². The van der Waals surface area contributed by atoms with Crippen LogP contribution in [0.15, 0.2) is 0 Å². The van der Waals surface area contributed by atoms with Gasteiger partial charge in [-0.05, 0) is 24.8 Å². The average Bonchev–Trinajstić information content (AvgIpc) is 2.08. The molecule has 0 fully saturated rings. The van der Waals surface area contributed by atoms with Crippen LogP contribution < -0.4 is 16.4 Å². The summed E-state index contributed by atoms with van der Waals surface area (Å²) in [5, 5.41) is 6.67. The topological polar surface area (TPSA) is 50.1 Å². The summed E-state index contributed by atoms with van der Waals surface area (Å²) in [4.78, 5) is 0. The first kappa shape index (κ1) is 13.9. The lowest BCUT2D eigenvalue weighted by molar-refractivity contribution is 0.361. The lowest BCUT2D eigenvalue weighted by Crippen LogP contribution is -2.31. The highest BCUT2D eigenvalue weighted by molar-refractivity contribution is 4.62. The van der Waals surface area contributed by atoms with Crippen LogP contribution in [0.4, 0.5) is 0 Å². The maximum absolute atomic E-state index is 5.36. The summed E-state index contributed by atoms with van der Waals surface area (Å²) in [5.41, 5.74) is 5.83. The first-order valence-corrected chi connectivity index (χ1v) is 5.68. The molecule has 3 heteroatoms. The summed E-state index contributed by atoms with van der Waals surface area (Å²) in [6, 6.07) is 0. The molecule has 0 aromatic heterocycles. The predicted octanol–water partition coefficient (Wildman–Crippen LogP) is 0.951. The van der Waals surface area contributed by atoms with E-state index in [1.807, 2.05) is 0 Å². The molecule has 0 amide bonds. The van der Waals surface area contributed by atoms with Crippen LogP contribution in [0.5, 0.6) is 0 Å². The van der Waals surface area contributed by atoms with Crippen LogP contribution in [-0.4, -0.2) is 32.7 Å². The van der Waals surface area contributed by atoms with E-state index in [0.717, 1.165) is 32.7 Å². The van der Waals surface area contributed by atoms with E-state index in [1.54, 1.807) is 0 Å². The van der Waals surface area contributed by atoms with Crippen molar-refractivity contribution in [3.05, 3.63) is 0 Å². The summed E-state index contributed by atoms with van der Waals surface area (Å²) in [7, 11) is 0. The van der Waals surface area contributed by atoms with Gasteiger partial charge >= 0.3 is 0 Å². The molecule has 0 aromatic carbocycles. The molecule has 14 heavy (non-hydrogen) atoms. The van der Waals surface area contributed by atoms with Gasteiger partial charge in [0.1, 0.15) is 0 Å². The maximum atomic E-state index is 5.36. The van der Waals surface area contributed by atoms with Crippen LogP contribution in [0.3, 0.4) is 0 Å². The molecule has 0 rings (SSSR count). The Bertz CT molecular complexity index is 118. The molecule has 0 bridgehead atoms. The Morgan fingerprint density at radius 3 is 2.00 bits per heavy atom. The van der Waals surface area contributed by atoms with E-state index in [1.165, 1.54) is 12.8 Å². The van der Waals surface area contributed by atoms with Crippen molar-refractivity contribution in [2.75, 3.05) is 32.7 Å². The monoisotopic (exact) mass is 201 g/mol. The molecule has 0 radical (unpaired) electrons. The standard InChI is InChI=1S/C11H27N3/c1-11(2,3)5-4-7-13-9-10-14-8-6-12/h13-14H,4-10,12H2,1-3H3. The van der Waals surface area contributed by atoms with Crippen molar-refractivity contribution >= 4 is 0 Å². The highest BCUT2D eigenvalue weighted by Gasteiger charge is 2.08. The zero-order valence-electron chi connectivity index (χ0n) is 10.0. The third-order valence-electron chi connectivity index (χ3n) is 2.08. The van der Waals surface area contributed by atoms with Gasteiger partial charge in [0.25, 0.3) is 0 Å². The second kappa shape index (κ2) is 8.21. The minimum Gasteiger partial charge on any atom is -0.329 e. The van der Waals surface area contributed by atoms with E-state index in [9.17, 15) is 0 Å². The van der Waals surface area contributed by atoms with Gasteiger partial charge in [0.15, 0.2) is 0 Å². The molecule has 0 aliphatic heterocycles. The average molecular weight is 201 g/mol. The second-order valence-corrected chi connectivity index (χ2v) is 4.95. The lowest BCUT2D eigenvalue weighted by Gasteiger charge is -2.17. The third kappa shape index (κ3) is 11.9. The van der Waals surface area contributed by atoms with Gasteiger partial charge in [-0.3, -0.25) is 0 Å². The lowest BCUT2D eigenvalue weighted by atomic mass is 9.91. The minimum atomic E-state index is 0.472. The smallest absolute Gasteiger partial charge is 0.00772 e. The number of rotatable bonds is 8. The summed E-state index contributed by atoms with van der Waals surface area (Å²) in [5.74, 6) is 0. The predicted molar refractivity (Wildman–Crippen MR) is 63.5 cm³/mol. The summed E-state index contributed by atoms with van der Waals surface area (Å²) >= 11 is 0. The Morgan fingerprint density at radius 1 is 0.929 bits per heavy atom. The molecule has 3 nitrogen and oxygen atoms in total. The summed E-state index contributed by atoms with van der Waals surface area (Å²) < 4.78 is 0. The third-order valence-corrected chi connectivity index (χ3v) is 2.08. The summed E-state index contributed by atoms with van der Waals surface area (Å²) in [6.45, 7) is 11.7. The van der Waals surface area contributed by atoms with Crippen molar-refractivity contribution in [3.8, 4) is 0 Å². The van der Waals surface area contributed by atoms with Gasteiger partial charge in [-0.2, -0.15) is 0 Å². The molecule has 86 valence electrons. The van der Waals surface area contributed by atoms with Crippen molar-refractivity contribution in [2.45, 2.75) is 33.6 Å². The first-order valence-electron chi connectivity index (χ1n) is 5.68. The van der Waals surface area contributed by atoms with E-state index >= 15 is 0 Å². The van der Waals surface area contributed by atoms with Gasteiger partial charge in [-0.1, -0.05) is 20.8 Å². The Morgan fingerprint density at radius 2 is 1.50 bits per heavy atom.